The summed E-state index contributed by atoms with van der Waals surface area (Å²) < 4.78 is 0. The van der Waals surface area contributed by atoms with Crippen molar-refractivity contribution in [2.45, 2.75) is 0 Å². The van der Waals surface area contributed by atoms with Crippen molar-refractivity contribution in [2.24, 2.45) is 0 Å². The van der Waals surface area contributed by atoms with Crippen molar-refractivity contribution in [3.05, 3.63) is 0 Å². The monoisotopic (exact) mass is 391 g/mol. The van der Waals surface area contributed by atoms with Crippen LogP contribution in [0.3, 0.4) is 0 Å². The third-order valence-electron chi connectivity index (χ3n) is 0. The fourth-order valence-corrected chi connectivity index (χ4v) is 0. The van der Waals surface area contributed by atoms with Crippen LogP contribution in [0.15, 0.2) is 0 Å². The van der Waals surface area contributed by atoms with E-state index in [0.29, 0.717) is 0 Å². The number of rotatable bonds is 0. The van der Waals surface area contributed by atoms with Gasteiger partial charge in [-0.15, -0.1) is 0 Å². The molecule has 0 rings (SSSR count). The van der Waals surface area contributed by atoms with Crippen molar-refractivity contribution in [3.63, 3.8) is 0 Å². The van der Waals surface area contributed by atoms with E-state index in [2.05, 4.69) is 0 Å². The van der Waals surface area contributed by atoms with Crippen LogP contribution in [0.2, 0.25) is 0 Å². The Kier molecular flexibility index (Phi) is 135. The Morgan fingerprint density at radius 3 is 1.00 bits per heavy atom. The van der Waals surface area contributed by atoms with Crippen LogP contribution in [0.25, 0.3) is 0 Å². The molecular formula is CuFePbZn. The molecule has 0 nitrogen and oxygen atoms in total. The van der Waals surface area contributed by atoms with E-state index in [0.717, 1.165) is 0 Å². The van der Waals surface area contributed by atoms with Crippen molar-refractivity contribution < 1.29 is 53.6 Å². The maximum absolute atomic E-state index is 0. The van der Waals surface area contributed by atoms with Crippen LogP contribution < -0.4 is 0 Å². The third-order valence-corrected chi connectivity index (χ3v) is 0. The molecule has 0 unspecified atom stereocenters. The first-order valence-corrected chi connectivity index (χ1v) is 0. The van der Waals surface area contributed by atoms with E-state index in [1.165, 1.54) is 0 Å². The Labute approximate surface area is 79.7 Å². The zero-order valence-electron chi connectivity index (χ0n) is 1.86. The van der Waals surface area contributed by atoms with Gasteiger partial charge in [-0.3, -0.25) is 0 Å². The second-order valence-corrected chi connectivity index (χ2v) is 0. The van der Waals surface area contributed by atoms with Crippen molar-refractivity contribution in [3.8, 4) is 0 Å². The van der Waals surface area contributed by atoms with Gasteiger partial charge in [0.15, 0.2) is 0 Å². The Morgan fingerprint density at radius 1 is 1.00 bits per heavy atom. The third kappa shape index (κ3) is 8.82. The molecule has 25 valence electrons. The zero-order valence-corrected chi connectivity index (χ0v) is 10.8. The standard InChI is InChI=1S/Cu.Fe.Pb.Zn. The van der Waals surface area contributed by atoms with Crippen LogP contribution in [0, 0.1) is 0 Å². The fraction of sp³-hybridized carbons (Fsp3) is 0. The topological polar surface area (TPSA) is 0 Å². The summed E-state index contributed by atoms with van der Waals surface area (Å²) >= 11 is 0. The summed E-state index contributed by atoms with van der Waals surface area (Å²) in [4.78, 5) is 0. The first-order chi connectivity index (χ1) is 0. The second-order valence-electron chi connectivity index (χ2n) is 0. The molecule has 0 saturated carbocycles. The molecule has 0 amide bonds. The molecular weight excluding hydrogens is 392 g/mol. The number of hydrogen-bond acceptors (Lipinski definition) is 0. The Morgan fingerprint density at radius 2 is 1.00 bits per heavy atom. The predicted octanol–water partition coefficient (Wildman–Crippen LogP) is -0.388. The van der Waals surface area contributed by atoms with Crippen molar-refractivity contribution in [1.29, 1.82) is 0 Å². The van der Waals surface area contributed by atoms with Crippen LogP contribution in [-0.4, -0.2) is 27.3 Å². The van der Waals surface area contributed by atoms with Gasteiger partial charge in [0, 0.05) is 80.9 Å². The minimum Gasteiger partial charge on any atom is 0 e. The normalized spacial score (nSPS) is 0. The van der Waals surface area contributed by atoms with Gasteiger partial charge in [0.2, 0.25) is 0 Å². The van der Waals surface area contributed by atoms with Crippen LogP contribution in [0.5, 0.6) is 0 Å². The summed E-state index contributed by atoms with van der Waals surface area (Å²) in [7, 11) is 0. The quantitative estimate of drug-likeness (QED) is 0.493. The summed E-state index contributed by atoms with van der Waals surface area (Å²) in [5.74, 6) is 0. The van der Waals surface area contributed by atoms with Crippen molar-refractivity contribution in [2.75, 3.05) is 0 Å². The van der Waals surface area contributed by atoms with Crippen molar-refractivity contribution in [1.82, 2.24) is 0 Å². The molecule has 0 N–H and O–H groups in total. The molecule has 0 heterocycles. The van der Waals surface area contributed by atoms with Crippen LogP contribution in [0.1, 0.15) is 0 Å². The summed E-state index contributed by atoms with van der Waals surface area (Å²) in [5, 5.41) is 0. The zero-order chi connectivity index (χ0) is 0. The predicted molar refractivity (Wildman–Crippen MR) is 5.75 cm³/mol. The van der Waals surface area contributed by atoms with Gasteiger partial charge >= 0.3 is 0 Å². The van der Waals surface area contributed by atoms with Crippen LogP contribution >= 0.6 is 0 Å². The summed E-state index contributed by atoms with van der Waals surface area (Å²) in [6.45, 7) is 0. The van der Waals surface area contributed by atoms with E-state index in [1.54, 1.807) is 0 Å². The maximum Gasteiger partial charge on any atom is 0 e. The first kappa shape index (κ1) is 30.7. The largest absolute Gasteiger partial charge is 0 e. The van der Waals surface area contributed by atoms with Gasteiger partial charge in [0.1, 0.15) is 0 Å². The van der Waals surface area contributed by atoms with E-state index in [4.69, 9.17) is 0 Å². The molecule has 4 heteroatoms. The summed E-state index contributed by atoms with van der Waals surface area (Å²) in [5.41, 5.74) is 0. The minimum absolute atomic E-state index is 0. The van der Waals surface area contributed by atoms with Gasteiger partial charge in [-0.1, -0.05) is 0 Å². The van der Waals surface area contributed by atoms with E-state index in [1.807, 2.05) is 0 Å². The maximum atomic E-state index is 0. The van der Waals surface area contributed by atoms with E-state index < -0.39 is 0 Å². The molecule has 0 bridgehead atoms. The van der Waals surface area contributed by atoms with E-state index in [9.17, 15) is 0 Å². The van der Waals surface area contributed by atoms with E-state index in [-0.39, 0.29) is 80.9 Å². The first-order valence-electron chi connectivity index (χ1n) is 0. The van der Waals surface area contributed by atoms with Gasteiger partial charge in [-0.2, -0.15) is 0 Å². The fourth-order valence-electron chi connectivity index (χ4n) is 0. The Hall–Kier alpha value is 2.58. The molecule has 0 aliphatic carbocycles. The minimum atomic E-state index is 0. The molecule has 0 atom stereocenters. The molecule has 0 spiro atoms. The molecule has 0 aliphatic rings. The summed E-state index contributed by atoms with van der Waals surface area (Å²) in [6, 6.07) is 0. The molecule has 0 aromatic rings. The van der Waals surface area contributed by atoms with Crippen LogP contribution in [0.4, 0.5) is 0 Å². The average molecular weight is 392 g/mol. The molecule has 0 saturated heterocycles. The van der Waals surface area contributed by atoms with Gasteiger partial charge in [-0.05, 0) is 0 Å². The molecule has 4 heavy (non-hydrogen) atoms. The Bertz CT molecular complexity index is 8.00. The molecule has 0 fully saturated rings. The van der Waals surface area contributed by atoms with Crippen LogP contribution in [-0.2, 0) is 53.6 Å². The smallest absolute Gasteiger partial charge is 0 e. The SMILES string of the molecule is [Cu].[Fe].[Pb].[Zn]. The number of hydrogen-bond donors (Lipinski definition) is 0. The van der Waals surface area contributed by atoms with Gasteiger partial charge < -0.3 is 0 Å². The van der Waals surface area contributed by atoms with Crippen molar-refractivity contribution >= 4 is 27.3 Å². The van der Waals surface area contributed by atoms with Gasteiger partial charge in [0.05, 0.1) is 0 Å². The molecule has 0 aromatic heterocycles. The summed E-state index contributed by atoms with van der Waals surface area (Å²) in [6.07, 6.45) is 0. The second kappa shape index (κ2) is 17.6. The molecule has 5 radical (unpaired) electrons. The average Bonchev–Trinajstić information content (AvgIpc) is 0. The van der Waals surface area contributed by atoms with E-state index >= 15 is 0 Å². The van der Waals surface area contributed by atoms with Gasteiger partial charge in [0.25, 0.3) is 0 Å². The molecule has 0 aliphatic heterocycles. The Balaban J connectivity index is 0. The van der Waals surface area contributed by atoms with Gasteiger partial charge in [-0.25, -0.2) is 0 Å². The molecule has 0 aromatic carbocycles.